The third kappa shape index (κ3) is 11.9. The number of amides is 1. The van der Waals surface area contributed by atoms with Gasteiger partial charge in [0.05, 0.1) is 33.3 Å². The Hall–Kier alpha value is -4.67. The van der Waals surface area contributed by atoms with Gasteiger partial charge in [-0.25, -0.2) is 9.69 Å². The lowest BCUT2D eigenvalue weighted by Crippen LogP contribution is -2.42. The number of anilines is 1. The van der Waals surface area contributed by atoms with Crippen molar-refractivity contribution in [1.29, 1.82) is 5.26 Å². The van der Waals surface area contributed by atoms with Gasteiger partial charge in [0.2, 0.25) is 5.91 Å². The standard InChI is InChI=1S/C48H64N5O8P/c1-33(2)53(34(3)4)62(56,28-14-26-49)61-41-30-45(52-27-25-43(51-46(52)55)50-44(54)29-35(5)31-47(6,7)8)60-42(41)32-59-48(36-15-12-11-13-16-36,37-17-21-39(57-9)22-18-37)38-19-23-40(58-10)24-20-38/h11-13,15-25,27,33-35,41-42,45,56H,14,28-32H2,1-10H3/p+1/t35?,41-,42+,45+,62?/m0/s1. The van der Waals surface area contributed by atoms with E-state index in [1.165, 1.54) is 4.57 Å². The number of hydrogen-bond donors (Lipinski definition) is 2. The van der Waals surface area contributed by atoms with Gasteiger partial charge in [0.15, 0.2) is 0 Å². The molecule has 1 fully saturated rings. The van der Waals surface area contributed by atoms with Crippen LogP contribution in [-0.2, 0) is 24.4 Å². The number of benzene rings is 3. The van der Waals surface area contributed by atoms with Crippen molar-refractivity contribution in [2.24, 2.45) is 11.3 Å². The highest BCUT2D eigenvalue weighted by molar-refractivity contribution is 7.63. The molecule has 5 atom stereocenters. The summed E-state index contributed by atoms with van der Waals surface area (Å²) in [6.45, 7) is 16.4. The van der Waals surface area contributed by atoms with Crippen molar-refractivity contribution < 1.29 is 33.2 Å². The molecule has 1 amide bonds. The summed E-state index contributed by atoms with van der Waals surface area (Å²) in [5.74, 6) is 1.44. The van der Waals surface area contributed by atoms with E-state index in [1.807, 2.05) is 118 Å². The molecule has 1 saturated heterocycles. The first kappa shape index (κ1) is 48.4. The molecule has 0 aliphatic carbocycles. The normalized spacial score (nSPS) is 18.4. The molecule has 2 N–H and O–H groups in total. The molecule has 0 radical (unpaired) electrons. The summed E-state index contributed by atoms with van der Waals surface area (Å²) in [6, 6.07) is 28.8. The van der Waals surface area contributed by atoms with Gasteiger partial charge in [0.25, 0.3) is 0 Å². The monoisotopic (exact) mass is 870 g/mol. The van der Waals surface area contributed by atoms with Crippen molar-refractivity contribution in [2.75, 3.05) is 32.3 Å². The summed E-state index contributed by atoms with van der Waals surface area (Å²) in [4.78, 5) is 43.5. The Balaban J connectivity index is 1.55. The number of nitriles is 1. The van der Waals surface area contributed by atoms with Gasteiger partial charge in [-0.15, -0.1) is 4.67 Å². The van der Waals surface area contributed by atoms with Crippen LogP contribution in [0, 0.1) is 22.7 Å². The van der Waals surface area contributed by atoms with Crippen LogP contribution in [0.4, 0.5) is 5.82 Å². The highest BCUT2D eigenvalue weighted by Crippen LogP contribution is 2.63. The largest absolute Gasteiger partial charge is 0.497 e. The van der Waals surface area contributed by atoms with Crippen LogP contribution in [0.3, 0.4) is 0 Å². The lowest BCUT2D eigenvalue weighted by molar-refractivity contribution is -0.117. The first-order valence-corrected chi connectivity index (χ1v) is 23.2. The molecule has 0 spiro atoms. The second-order valence-electron chi connectivity index (χ2n) is 17.8. The second-order valence-corrected chi connectivity index (χ2v) is 20.3. The number of methoxy groups -OCH3 is 2. The zero-order chi connectivity index (χ0) is 45.2. The summed E-state index contributed by atoms with van der Waals surface area (Å²) in [5, 5.41) is 12.5. The maximum atomic E-state index is 13.8. The van der Waals surface area contributed by atoms with Gasteiger partial charge in [0.1, 0.15) is 47.5 Å². The van der Waals surface area contributed by atoms with Gasteiger partial charge in [-0.1, -0.05) is 82.3 Å². The van der Waals surface area contributed by atoms with E-state index in [0.717, 1.165) is 23.1 Å². The molecule has 1 aromatic heterocycles. The van der Waals surface area contributed by atoms with E-state index in [9.17, 15) is 19.7 Å². The average molecular weight is 871 g/mol. The van der Waals surface area contributed by atoms with Crippen LogP contribution in [0.1, 0.15) is 104 Å². The van der Waals surface area contributed by atoms with E-state index in [2.05, 4.69) is 37.1 Å². The first-order valence-electron chi connectivity index (χ1n) is 21.4. The fraction of sp³-hybridized carbons (Fsp3) is 0.500. The van der Waals surface area contributed by atoms with Crippen molar-refractivity contribution in [1.82, 2.24) is 14.2 Å². The molecular formula is C48H65N5O8P+. The minimum Gasteiger partial charge on any atom is -0.497 e. The molecule has 62 heavy (non-hydrogen) atoms. The van der Waals surface area contributed by atoms with Crippen LogP contribution in [-0.4, -0.2) is 76.3 Å². The van der Waals surface area contributed by atoms with Crippen molar-refractivity contribution in [3.05, 3.63) is 118 Å². The van der Waals surface area contributed by atoms with Gasteiger partial charge in [-0.05, 0) is 92.5 Å². The maximum Gasteiger partial charge on any atom is 0.351 e. The zero-order valence-electron chi connectivity index (χ0n) is 37.9. The lowest BCUT2D eigenvalue weighted by Gasteiger charge is -2.38. The third-order valence-corrected chi connectivity index (χ3v) is 14.0. The highest BCUT2D eigenvalue weighted by atomic mass is 31.2. The number of hydrogen-bond acceptors (Lipinski definition) is 11. The van der Waals surface area contributed by atoms with E-state index in [4.69, 9.17) is 23.5 Å². The van der Waals surface area contributed by atoms with Gasteiger partial charge in [-0.3, -0.25) is 9.36 Å². The Morgan fingerprint density at radius 2 is 1.50 bits per heavy atom. The molecule has 334 valence electrons. The predicted molar refractivity (Wildman–Crippen MR) is 243 cm³/mol. The summed E-state index contributed by atoms with van der Waals surface area (Å²) in [5.41, 5.74) is 0.743. The molecule has 1 aliphatic heterocycles. The zero-order valence-corrected chi connectivity index (χ0v) is 38.8. The van der Waals surface area contributed by atoms with Crippen LogP contribution < -0.4 is 20.5 Å². The first-order chi connectivity index (χ1) is 29.4. The lowest BCUT2D eigenvalue weighted by atomic mass is 9.80. The molecule has 2 heterocycles. The molecule has 13 nitrogen and oxygen atoms in total. The Morgan fingerprint density at radius 3 is 2.00 bits per heavy atom. The molecule has 2 unspecified atom stereocenters. The summed E-state index contributed by atoms with van der Waals surface area (Å²) in [7, 11) is -0.196. The van der Waals surface area contributed by atoms with Crippen LogP contribution >= 0.6 is 7.87 Å². The number of aromatic nitrogens is 2. The van der Waals surface area contributed by atoms with Crippen molar-refractivity contribution in [2.45, 2.75) is 117 Å². The minimum absolute atomic E-state index is 0.0429. The number of carbonyl (C=O) groups excluding carboxylic acids is 1. The third-order valence-electron chi connectivity index (χ3n) is 11.0. The maximum absolute atomic E-state index is 13.8. The quantitative estimate of drug-likeness (QED) is 0.0645. The molecule has 3 aromatic carbocycles. The Labute approximate surface area is 367 Å². The SMILES string of the molecule is COc1ccc(C(OC[C@H]2O[C@@H](n3ccc(NC(=O)CC(C)CC(C)(C)C)nc3=O)C[C@@H]2O[P+](O)(CCC#N)N(C(C)C)C(C)C)(c2ccccc2)c2ccc(OC)cc2)cc1. The second kappa shape index (κ2) is 21.1. The highest BCUT2D eigenvalue weighted by Gasteiger charge is 2.54. The number of nitrogens with one attached hydrogen (secondary N) is 1. The van der Waals surface area contributed by atoms with E-state index in [0.29, 0.717) is 17.9 Å². The molecular weight excluding hydrogens is 806 g/mol. The van der Waals surface area contributed by atoms with Gasteiger partial charge < -0.3 is 24.3 Å². The number of ether oxygens (including phenoxy) is 4. The molecule has 0 saturated carbocycles. The van der Waals surface area contributed by atoms with Crippen LogP contribution in [0.15, 0.2) is 95.9 Å². The van der Waals surface area contributed by atoms with Crippen molar-refractivity contribution in [3.63, 3.8) is 0 Å². The van der Waals surface area contributed by atoms with E-state index >= 15 is 0 Å². The van der Waals surface area contributed by atoms with Gasteiger partial charge in [-0.2, -0.15) is 14.8 Å². The molecule has 4 aromatic rings. The molecule has 14 heteroatoms. The average Bonchev–Trinajstić information content (AvgIpc) is 3.61. The van der Waals surface area contributed by atoms with E-state index in [-0.39, 0.29) is 60.8 Å². The van der Waals surface area contributed by atoms with Crippen molar-refractivity contribution >= 4 is 19.6 Å². The predicted octanol–water partition coefficient (Wildman–Crippen LogP) is 9.13. The number of nitrogens with zero attached hydrogens (tertiary/aromatic N) is 4. The smallest absolute Gasteiger partial charge is 0.351 e. The van der Waals surface area contributed by atoms with Gasteiger partial charge in [0, 0.05) is 31.1 Å². The van der Waals surface area contributed by atoms with E-state index < -0.39 is 37.6 Å². The van der Waals surface area contributed by atoms with Crippen LogP contribution in [0.25, 0.3) is 0 Å². The Morgan fingerprint density at radius 1 is 0.935 bits per heavy atom. The van der Waals surface area contributed by atoms with Crippen molar-refractivity contribution in [3.8, 4) is 17.6 Å². The number of rotatable bonds is 20. The Bertz CT molecular complexity index is 2100. The number of carbonyl (C=O) groups is 1. The summed E-state index contributed by atoms with van der Waals surface area (Å²) in [6.07, 6.45) is 0.618. The minimum atomic E-state index is -3.43. The molecule has 5 rings (SSSR count). The Kier molecular flexibility index (Phi) is 16.5. The van der Waals surface area contributed by atoms with E-state index in [1.54, 1.807) is 26.5 Å². The topological polar surface area (TPSA) is 157 Å². The fourth-order valence-electron chi connectivity index (χ4n) is 8.70. The fourth-order valence-corrected chi connectivity index (χ4v) is 11.6. The molecule has 1 aliphatic rings. The van der Waals surface area contributed by atoms with Gasteiger partial charge >= 0.3 is 13.6 Å². The summed E-state index contributed by atoms with van der Waals surface area (Å²) < 4.78 is 35.3. The van der Waals surface area contributed by atoms with Crippen LogP contribution in [0.5, 0.6) is 11.5 Å². The summed E-state index contributed by atoms with van der Waals surface area (Å²) >= 11 is 0. The molecule has 0 bridgehead atoms. The van der Waals surface area contributed by atoms with Crippen LogP contribution in [0.2, 0.25) is 0 Å².